The summed E-state index contributed by atoms with van der Waals surface area (Å²) in [5.41, 5.74) is 11.3. The smallest absolute Gasteiger partial charge is 0.161 e. The zero-order chi connectivity index (χ0) is 66.8. The molecule has 0 saturated heterocycles. The second kappa shape index (κ2) is 62.9. The third-order valence-corrected chi connectivity index (χ3v) is 16.1. The molecule has 4 unspecified atom stereocenters. The summed E-state index contributed by atoms with van der Waals surface area (Å²) < 4.78 is 101. The molecule has 0 spiro atoms. The van der Waals surface area contributed by atoms with Gasteiger partial charge in [-0.15, -0.1) is 0 Å². The Morgan fingerprint density at radius 3 is 0.697 bits per heavy atom. The van der Waals surface area contributed by atoms with Crippen molar-refractivity contribution in [2.45, 2.75) is 297 Å². The van der Waals surface area contributed by atoms with Gasteiger partial charge in [0.1, 0.15) is 34.9 Å². The van der Waals surface area contributed by atoms with E-state index in [1.54, 1.807) is 63.1 Å². The number of allylic oxidation sites excluding steroid dienone is 6. The Bertz CT molecular complexity index is 2800. The van der Waals surface area contributed by atoms with Crippen molar-refractivity contribution in [2.24, 2.45) is 35.5 Å². The second-order valence-electron chi connectivity index (χ2n) is 25.8. The van der Waals surface area contributed by atoms with E-state index in [0.717, 1.165) is 46.6 Å². The van der Waals surface area contributed by atoms with E-state index < -0.39 is 34.9 Å². The molecule has 0 heterocycles. The highest BCUT2D eigenvalue weighted by Crippen LogP contribution is 2.28. The zero-order valence-electron chi connectivity index (χ0n) is 57.5. The molecule has 576 valence electrons. The fourth-order valence-electron chi connectivity index (χ4n) is 9.04. The van der Waals surface area contributed by atoms with E-state index >= 15 is 0 Å². The number of aryl methyl sites for hydroxylation is 10. The average Bonchev–Trinajstić information content (AvgIpc) is 0.878. The molecule has 0 aromatic heterocycles. The first kappa shape index (κ1) is 117. The molecule has 0 bridgehead atoms. The van der Waals surface area contributed by atoms with Crippen LogP contribution in [0.5, 0.6) is 0 Å². The van der Waals surface area contributed by atoms with Crippen LogP contribution in [0.2, 0.25) is 0 Å². The molecule has 0 amide bonds. The van der Waals surface area contributed by atoms with Crippen molar-refractivity contribution in [3.05, 3.63) is 246 Å². The normalized spacial score (nSPS) is 16.6. The fraction of sp³-hybridized carbons (Fsp3) is 0.538. The molecular formula is C91H156F8. The summed E-state index contributed by atoms with van der Waals surface area (Å²) in [5, 5.41) is 0. The van der Waals surface area contributed by atoms with Crippen molar-refractivity contribution in [1.29, 1.82) is 0 Å². The van der Waals surface area contributed by atoms with Gasteiger partial charge >= 0.3 is 0 Å². The molecule has 4 aliphatic rings. The minimum Gasteiger partial charge on any atom is -0.207 e. The molecule has 10 rings (SSSR count). The van der Waals surface area contributed by atoms with Crippen LogP contribution in [-0.2, 0) is 0 Å². The lowest BCUT2D eigenvalue weighted by atomic mass is 9.84. The summed E-state index contributed by atoms with van der Waals surface area (Å²) in [5.74, 6) is 2.00. The molecule has 99 heavy (non-hydrogen) atoms. The van der Waals surface area contributed by atoms with E-state index in [1.165, 1.54) is 152 Å². The van der Waals surface area contributed by atoms with Crippen LogP contribution in [0.15, 0.2) is 133 Å². The maximum atomic E-state index is 12.6. The Labute approximate surface area is 612 Å². The topological polar surface area (TPSA) is 0 Å². The van der Waals surface area contributed by atoms with Gasteiger partial charge in [0.25, 0.3) is 0 Å². The minimum atomic E-state index is -0.736. The van der Waals surface area contributed by atoms with E-state index in [1.807, 2.05) is 26.0 Å². The number of rotatable bonds is 0. The molecule has 4 atom stereocenters. The molecule has 0 nitrogen and oxygen atoms in total. The molecule has 1 saturated carbocycles. The molecule has 0 N–H and O–H groups in total. The van der Waals surface area contributed by atoms with Gasteiger partial charge in [0.05, 0.1) is 0 Å². The van der Waals surface area contributed by atoms with Gasteiger partial charge in [0, 0.05) is 12.6 Å². The Morgan fingerprint density at radius 2 is 0.495 bits per heavy atom. The standard InChI is InChI=1S/3C8H8F2.2C8H9F.C8H16.3C8H14.C8H10.11CH4.H2/c2*1-5-3-7(9)6(2)8(10)4-5;1-5-3-4-6(2)8(10)7(5)9;2*1-6-3-4-7(2)8(9)5-6;5*1-7-3-5-8(2)6-4-7;;;;;;;;;;;;/h3*3-4H,1-2H3;2*3-5H,1-2H3;7-8H,3-6H2,1-2H3;2*3,8H,4-6H2,1-2H3;3,5,7-8H,4,6H2,1-2H3;3-6H,1-2H3;11*1H4;1H. The van der Waals surface area contributed by atoms with E-state index in [-0.39, 0.29) is 106 Å². The van der Waals surface area contributed by atoms with Crippen LogP contribution in [0.25, 0.3) is 0 Å². The summed E-state index contributed by atoms with van der Waals surface area (Å²) >= 11 is 0. The van der Waals surface area contributed by atoms with Gasteiger partial charge in [0.15, 0.2) is 11.6 Å². The summed E-state index contributed by atoms with van der Waals surface area (Å²) in [6.45, 7) is 39.1. The predicted octanol–water partition coefficient (Wildman–Crippen LogP) is 33.1. The van der Waals surface area contributed by atoms with Crippen LogP contribution in [0, 0.1) is 165 Å². The molecule has 8 heteroatoms. The van der Waals surface area contributed by atoms with Gasteiger partial charge in [-0.05, 0) is 265 Å². The third-order valence-electron chi connectivity index (χ3n) is 16.1. The van der Waals surface area contributed by atoms with Crippen molar-refractivity contribution in [3.8, 4) is 0 Å². The van der Waals surface area contributed by atoms with Crippen LogP contribution in [-0.4, -0.2) is 0 Å². The minimum absolute atomic E-state index is 0. The van der Waals surface area contributed by atoms with Crippen LogP contribution < -0.4 is 0 Å². The zero-order valence-corrected chi connectivity index (χ0v) is 57.5. The van der Waals surface area contributed by atoms with Gasteiger partial charge < -0.3 is 0 Å². The lowest BCUT2D eigenvalue weighted by molar-refractivity contribution is 0.308. The van der Waals surface area contributed by atoms with Gasteiger partial charge in [-0.1, -0.05) is 256 Å². The van der Waals surface area contributed by atoms with Crippen molar-refractivity contribution in [2.75, 3.05) is 0 Å². The number of halogens is 8. The molecule has 0 radical (unpaired) electrons. The van der Waals surface area contributed by atoms with E-state index in [9.17, 15) is 35.1 Å². The Hall–Kier alpha value is -6.02. The predicted molar refractivity (Wildman–Crippen MR) is 438 cm³/mol. The first-order chi connectivity index (χ1) is 41.2. The molecule has 0 aliphatic heterocycles. The van der Waals surface area contributed by atoms with E-state index in [0.29, 0.717) is 33.4 Å². The summed E-state index contributed by atoms with van der Waals surface area (Å²) in [7, 11) is 0. The maximum Gasteiger partial charge on any atom is 0.161 e. The average molecular weight is 1400 g/mol. The highest BCUT2D eigenvalue weighted by molar-refractivity contribution is 5.27. The Kier molecular flexibility index (Phi) is 74.4. The van der Waals surface area contributed by atoms with Gasteiger partial charge in [-0.3, -0.25) is 0 Å². The van der Waals surface area contributed by atoms with Crippen molar-refractivity contribution in [3.63, 3.8) is 0 Å². The number of hydrogen-bond donors (Lipinski definition) is 0. The SMILES string of the molecule is C.C.C.C.C.C.C.C.C.C.C.CC1=CCC(C)CC1.CC1=CCC(C)CC1.CC1C=CC(C)CC1.CC1CCC(C)CC1.Cc1cc(F)c(C)c(F)c1.Cc1cc(F)c(C)c(F)c1.Cc1ccc(C)c(F)c1.Cc1ccc(C)c(F)c1.Cc1ccc(C)c(F)c1F.Cc1ccc(C)cc1.[HH]. The van der Waals surface area contributed by atoms with Gasteiger partial charge in [-0.25, -0.2) is 35.1 Å². The lowest BCUT2D eigenvalue weighted by Crippen LogP contribution is -2.08. The Balaban J connectivity index is -0.0000000850. The van der Waals surface area contributed by atoms with Crippen LogP contribution >= 0.6 is 0 Å². The monoisotopic (exact) mass is 1400 g/mol. The summed E-state index contributed by atoms with van der Waals surface area (Å²) in [6, 6.07) is 27.3. The van der Waals surface area contributed by atoms with E-state index in [2.05, 4.69) is 118 Å². The van der Waals surface area contributed by atoms with Gasteiger partial charge in [0.2, 0.25) is 0 Å². The van der Waals surface area contributed by atoms with Crippen LogP contribution in [0.1, 0.15) is 282 Å². The summed E-state index contributed by atoms with van der Waals surface area (Å²) in [4.78, 5) is 0. The first-order valence-corrected chi connectivity index (χ1v) is 31.9. The quantitative estimate of drug-likeness (QED) is 0.105. The van der Waals surface area contributed by atoms with Crippen molar-refractivity contribution in [1.82, 2.24) is 0 Å². The number of hydrogen-bond acceptors (Lipinski definition) is 0. The second-order valence-corrected chi connectivity index (χ2v) is 25.8. The molecule has 6 aromatic rings. The van der Waals surface area contributed by atoms with Gasteiger partial charge in [-0.2, -0.15) is 0 Å². The molecule has 4 aliphatic carbocycles. The highest BCUT2D eigenvalue weighted by Gasteiger charge is 2.14. The third kappa shape index (κ3) is 52.6. The van der Waals surface area contributed by atoms with Crippen LogP contribution in [0.3, 0.4) is 0 Å². The molecule has 6 aromatic carbocycles. The Morgan fingerprint density at radius 1 is 0.263 bits per heavy atom. The molecular weight excluding hydrogens is 1240 g/mol. The molecule has 1 fully saturated rings. The maximum absolute atomic E-state index is 12.6. The largest absolute Gasteiger partial charge is 0.207 e. The fourth-order valence-corrected chi connectivity index (χ4v) is 9.04. The van der Waals surface area contributed by atoms with Crippen molar-refractivity contribution < 1.29 is 36.5 Å². The van der Waals surface area contributed by atoms with Crippen LogP contribution in [0.4, 0.5) is 35.1 Å². The summed E-state index contributed by atoms with van der Waals surface area (Å²) in [6.07, 6.45) is 26.2. The number of benzene rings is 6. The first-order valence-electron chi connectivity index (χ1n) is 31.9. The van der Waals surface area contributed by atoms with E-state index in [4.69, 9.17) is 0 Å². The lowest BCUT2D eigenvalue weighted by Gasteiger charge is -2.22. The van der Waals surface area contributed by atoms with Crippen molar-refractivity contribution >= 4 is 0 Å². The highest BCUT2D eigenvalue weighted by atomic mass is 19.2.